The van der Waals surface area contributed by atoms with Crippen molar-refractivity contribution in [1.82, 2.24) is 20.5 Å². The average Bonchev–Trinajstić information content (AvgIpc) is 3.29. The van der Waals surface area contributed by atoms with Gasteiger partial charge in [-0.05, 0) is 18.6 Å². The number of aromatic nitrogens is 3. The van der Waals surface area contributed by atoms with Gasteiger partial charge in [-0.25, -0.2) is 0 Å². The van der Waals surface area contributed by atoms with Crippen molar-refractivity contribution in [1.29, 1.82) is 0 Å². The van der Waals surface area contributed by atoms with Gasteiger partial charge in [-0.2, -0.15) is 10.1 Å². The Kier molecular flexibility index (Phi) is 3.68. The molecule has 1 aliphatic heterocycles. The van der Waals surface area contributed by atoms with Gasteiger partial charge in [-0.1, -0.05) is 12.1 Å². The maximum Gasteiger partial charge on any atom is 0.298 e. The van der Waals surface area contributed by atoms with Crippen molar-refractivity contribution < 1.29 is 9.21 Å². The van der Waals surface area contributed by atoms with Gasteiger partial charge in [0.25, 0.3) is 6.01 Å². The summed E-state index contributed by atoms with van der Waals surface area (Å²) in [5.74, 6) is 0.285. The van der Waals surface area contributed by atoms with Crippen LogP contribution in [0, 0.1) is 0 Å². The van der Waals surface area contributed by atoms with Gasteiger partial charge in [0, 0.05) is 43.7 Å². The Balaban J connectivity index is 1.50. The number of carbonyl (C=O) groups excluding carboxylic acids is 1. The Morgan fingerprint density at radius 3 is 3.17 bits per heavy atom. The zero-order valence-corrected chi connectivity index (χ0v) is 13.5. The van der Waals surface area contributed by atoms with E-state index in [-0.39, 0.29) is 5.91 Å². The first kappa shape index (κ1) is 14.7. The van der Waals surface area contributed by atoms with Crippen LogP contribution in [0.3, 0.4) is 0 Å². The van der Waals surface area contributed by atoms with E-state index < -0.39 is 0 Å². The molecule has 0 spiro atoms. The molecule has 1 saturated heterocycles. The van der Waals surface area contributed by atoms with E-state index in [0.29, 0.717) is 18.5 Å². The summed E-state index contributed by atoms with van der Waals surface area (Å²) in [5, 5.41) is 10.1. The number of carbonyl (C=O) groups is 1. The summed E-state index contributed by atoms with van der Waals surface area (Å²) in [4.78, 5) is 17.9. The van der Waals surface area contributed by atoms with Crippen LogP contribution in [0.2, 0.25) is 0 Å². The van der Waals surface area contributed by atoms with E-state index >= 15 is 0 Å². The van der Waals surface area contributed by atoms with Crippen LogP contribution in [-0.4, -0.2) is 34.2 Å². The maximum atomic E-state index is 11.1. The van der Waals surface area contributed by atoms with Crippen LogP contribution in [0.15, 0.2) is 34.9 Å². The highest BCUT2D eigenvalue weighted by Gasteiger charge is 2.29. The zero-order valence-electron chi connectivity index (χ0n) is 13.5. The molecule has 1 fully saturated rings. The molecular formula is C17H19N5O2. The number of H-pyrrole nitrogens is 1. The molecule has 1 atom stereocenters. The molecule has 1 unspecified atom stereocenters. The number of oxazole rings is 1. The van der Waals surface area contributed by atoms with Crippen LogP contribution < -0.4 is 10.2 Å². The number of aromatic amines is 1. The van der Waals surface area contributed by atoms with E-state index in [2.05, 4.69) is 25.4 Å². The normalized spacial score (nSPS) is 17.5. The molecule has 3 aromatic rings. The largest absolute Gasteiger partial charge is 0.423 e. The minimum absolute atomic E-state index is 0.0401. The molecule has 7 nitrogen and oxygen atoms in total. The van der Waals surface area contributed by atoms with Gasteiger partial charge in [0.05, 0.1) is 6.20 Å². The number of nitrogens with one attached hydrogen (secondary N) is 2. The van der Waals surface area contributed by atoms with Gasteiger partial charge < -0.3 is 14.6 Å². The first-order valence-electron chi connectivity index (χ1n) is 8.08. The minimum atomic E-state index is -0.0401. The van der Waals surface area contributed by atoms with Crippen molar-refractivity contribution in [2.45, 2.75) is 25.8 Å². The third-order valence-electron chi connectivity index (χ3n) is 4.43. The fourth-order valence-electron chi connectivity index (χ4n) is 3.20. The van der Waals surface area contributed by atoms with E-state index in [1.54, 1.807) is 6.20 Å². The number of hydrogen-bond acceptors (Lipinski definition) is 5. The molecule has 1 amide bonds. The topological polar surface area (TPSA) is 87.0 Å². The molecule has 0 saturated carbocycles. The van der Waals surface area contributed by atoms with Crippen molar-refractivity contribution in [3.05, 3.63) is 41.7 Å². The molecule has 2 N–H and O–H groups in total. The lowest BCUT2D eigenvalue weighted by molar-refractivity contribution is -0.119. The lowest BCUT2D eigenvalue weighted by atomic mass is 10.0. The van der Waals surface area contributed by atoms with Crippen LogP contribution in [0.1, 0.15) is 30.5 Å². The van der Waals surface area contributed by atoms with Gasteiger partial charge in [-0.3, -0.25) is 9.89 Å². The number of fused-ring (bicyclic) bond motifs is 1. The van der Waals surface area contributed by atoms with Crippen LogP contribution in [0.5, 0.6) is 0 Å². The predicted octanol–water partition coefficient (Wildman–Crippen LogP) is 2.18. The van der Waals surface area contributed by atoms with Crippen molar-refractivity contribution >= 4 is 23.0 Å². The lowest BCUT2D eigenvalue weighted by Crippen LogP contribution is -2.21. The number of hydrogen-bond donors (Lipinski definition) is 2. The van der Waals surface area contributed by atoms with Crippen LogP contribution in [0.25, 0.3) is 11.1 Å². The third-order valence-corrected chi connectivity index (χ3v) is 4.43. The van der Waals surface area contributed by atoms with Crippen molar-refractivity contribution in [3.8, 4) is 0 Å². The summed E-state index contributed by atoms with van der Waals surface area (Å²) < 4.78 is 5.86. The van der Waals surface area contributed by atoms with E-state index in [9.17, 15) is 4.79 Å². The lowest BCUT2D eigenvalue weighted by Gasteiger charge is -2.14. The average molecular weight is 325 g/mol. The number of para-hydroxylation sites is 2. The summed E-state index contributed by atoms with van der Waals surface area (Å²) >= 11 is 0. The Bertz CT molecular complexity index is 836. The Labute approximate surface area is 139 Å². The smallest absolute Gasteiger partial charge is 0.298 e. The second-order valence-corrected chi connectivity index (χ2v) is 6.11. The molecular weight excluding hydrogens is 306 g/mol. The zero-order chi connectivity index (χ0) is 16.5. The number of amides is 1. The highest BCUT2D eigenvalue weighted by molar-refractivity contribution is 5.74. The van der Waals surface area contributed by atoms with Crippen molar-refractivity contribution in [2.75, 3.05) is 18.0 Å². The highest BCUT2D eigenvalue weighted by atomic mass is 16.4. The fourth-order valence-corrected chi connectivity index (χ4v) is 3.20. The summed E-state index contributed by atoms with van der Waals surface area (Å²) in [6.07, 6.45) is 2.78. The van der Waals surface area contributed by atoms with Gasteiger partial charge in [0.15, 0.2) is 5.58 Å². The van der Waals surface area contributed by atoms with Gasteiger partial charge in [0.1, 0.15) is 5.52 Å². The first-order valence-corrected chi connectivity index (χ1v) is 8.08. The third kappa shape index (κ3) is 2.73. The fraction of sp³-hybridized carbons (Fsp3) is 0.353. The monoisotopic (exact) mass is 325 g/mol. The molecule has 1 aromatic carbocycles. The van der Waals surface area contributed by atoms with E-state index in [0.717, 1.165) is 41.9 Å². The maximum absolute atomic E-state index is 11.1. The van der Waals surface area contributed by atoms with Gasteiger partial charge >= 0.3 is 0 Å². The SMILES string of the molecule is CC(=O)NCc1cn[nH]c1C1CCN(c2nc3ccccc3o2)C1. The molecule has 3 heterocycles. The molecule has 4 rings (SSSR count). The van der Waals surface area contributed by atoms with Crippen LogP contribution in [0.4, 0.5) is 6.01 Å². The highest BCUT2D eigenvalue weighted by Crippen LogP contribution is 2.32. The predicted molar refractivity (Wildman–Crippen MR) is 89.7 cm³/mol. The molecule has 0 bridgehead atoms. The number of anilines is 1. The van der Waals surface area contributed by atoms with Crippen molar-refractivity contribution in [2.24, 2.45) is 0 Å². The molecule has 0 aliphatic carbocycles. The van der Waals surface area contributed by atoms with Gasteiger partial charge in [-0.15, -0.1) is 0 Å². The second-order valence-electron chi connectivity index (χ2n) is 6.11. The standard InChI is InChI=1S/C17H19N5O2/c1-11(23)18-8-13-9-19-21-16(13)12-6-7-22(10-12)17-20-14-4-2-3-5-15(14)24-17/h2-5,9,12H,6-8,10H2,1H3,(H,18,23)(H,19,21). The minimum Gasteiger partial charge on any atom is -0.423 e. The molecule has 124 valence electrons. The quantitative estimate of drug-likeness (QED) is 0.768. The van der Waals surface area contributed by atoms with Crippen LogP contribution in [-0.2, 0) is 11.3 Å². The summed E-state index contributed by atoms with van der Waals surface area (Å²) in [7, 11) is 0. The first-order chi connectivity index (χ1) is 11.7. The second kappa shape index (κ2) is 5.99. The Morgan fingerprint density at radius 1 is 1.46 bits per heavy atom. The molecule has 7 heteroatoms. The molecule has 24 heavy (non-hydrogen) atoms. The molecule has 2 aromatic heterocycles. The Morgan fingerprint density at radius 2 is 2.33 bits per heavy atom. The summed E-state index contributed by atoms with van der Waals surface area (Å²) in [6, 6.07) is 8.46. The van der Waals surface area contributed by atoms with Gasteiger partial charge in [0.2, 0.25) is 5.91 Å². The van der Waals surface area contributed by atoms with Crippen molar-refractivity contribution in [3.63, 3.8) is 0 Å². The van der Waals surface area contributed by atoms with Crippen LogP contribution >= 0.6 is 0 Å². The summed E-state index contributed by atoms with van der Waals surface area (Å²) in [6.45, 7) is 3.73. The number of nitrogens with zero attached hydrogens (tertiary/aromatic N) is 3. The van der Waals surface area contributed by atoms with E-state index in [4.69, 9.17) is 4.42 Å². The van der Waals surface area contributed by atoms with E-state index in [1.165, 1.54) is 6.92 Å². The van der Waals surface area contributed by atoms with E-state index in [1.807, 2.05) is 24.3 Å². The summed E-state index contributed by atoms with van der Waals surface area (Å²) in [5.41, 5.74) is 3.81. The number of benzene rings is 1. The Hall–Kier alpha value is -2.83. The molecule has 0 radical (unpaired) electrons. The molecule has 1 aliphatic rings. The number of rotatable bonds is 4.